The van der Waals surface area contributed by atoms with Crippen molar-refractivity contribution in [3.63, 3.8) is 0 Å². The fourth-order valence-corrected chi connectivity index (χ4v) is 2.59. The lowest BCUT2D eigenvalue weighted by molar-refractivity contribution is -0.121. The Kier molecular flexibility index (Phi) is 6.36. The number of hydrogen-bond acceptors (Lipinski definition) is 5. The van der Waals surface area contributed by atoms with E-state index in [9.17, 15) is 9.59 Å². The van der Waals surface area contributed by atoms with Gasteiger partial charge in [0.05, 0.1) is 18.9 Å². The van der Waals surface area contributed by atoms with E-state index in [2.05, 4.69) is 15.3 Å². The van der Waals surface area contributed by atoms with Crippen LogP contribution >= 0.6 is 0 Å². The number of carbonyl (C=O) groups excluding carboxylic acids is 2. The Bertz CT molecular complexity index is 960. The number of esters is 1. The van der Waals surface area contributed by atoms with Crippen LogP contribution in [0.5, 0.6) is 0 Å². The highest BCUT2D eigenvalue weighted by Gasteiger charge is 2.08. The summed E-state index contributed by atoms with van der Waals surface area (Å²) in [6, 6.07) is 20.3. The third kappa shape index (κ3) is 5.17. The van der Waals surface area contributed by atoms with Gasteiger partial charge in [-0.15, -0.1) is 0 Å². The van der Waals surface area contributed by atoms with Crippen LogP contribution in [0, 0.1) is 0 Å². The summed E-state index contributed by atoms with van der Waals surface area (Å²) in [5.41, 5.74) is 4.89. The van der Waals surface area contributed by atoms with Gasteiger partial charge in [0.15, 0.2) is 0 Å². The Hall–Kier alpha value is -3.67. The third-order valence-electron chi connectivity index (χ3n) is 4.08. The predicted molar refractivity (Wildman–Crippen MR) is 106 cm³/mol. The molecule has 1 aromatic heterocycles. The summed E-state index contributed by atoms with van der Waals surface area (Å²) in [6.45, 7) is 0. The maximum absolute atomic E-state index is 11.9. The zero-order chi connectivity index (χ0) is 19.8. The van der Waals surface area contributed by atoms with E-state index in [1.165, 1.54) is 13.3 Å². The Morgan fingerprint density at radius 3 is 2.50 bits per heavy atom. The number of benzene rings is 2. The Morgan fingerprint density at radius 2 is 1.79 bits per heavy atom. The molecule has 142 valence electrons. The number of nitrogens with one attached hydrogen (secondary N) is 1. The van der Waals surface area contributed by atoms with E-state index >= 15 is 0 Å². The molecule has 1 N–H and O–H groups in total. The number of furan rings is 1. The van der Waals surface area contributed by atoms with Crippen molar-refractivity contribution in [1.29, 1.82) is 0 Å². The number of amides is 1. The molecule has 0 spiro atoms. The van der Waals surface area contributed by atoms with Crippen LogP contribution in [0.15, 0.2) is 76.2 Å². The summed E-state index contributed by atoms with van der Waals surface area (Å²) in [5, 5.41) is 3.93. The average molecular weight is 376 g/mol. The molecule has 0 aliphatic carbocycles. The molecule has 0 fully saturated rings. The minimum Gasteiger partial charge on any atom is -0.465 e. The molecule has 0 unspecified atom stereocenters. The van der Waals surface area contributed by atoms with E-state index in [0.29, 0.717) is 29.9 Å². The number of hydrazone groups is 1. The van der Waals surface area contributed by atoms with E-state index in [0.717, 1.165) is 11.1 Å². The molecule has 1 heterocycles. The predicted octanol–water partition coefficient (Wildman–Crippen LogP) is 3.82. The highest BCUT2D eigenvalue weighted by molar-refractivity contribution is 5.90. The molecule has 0 saturated carbocycles. The molecule has 1 amide bonds. The maximum atomic E-state index is 11.9. The lowest BCUT2D eigenvalue weighted by atomic mass is 10.1. The first-order valence-corrected chi connectivity index (χ1v) is 8.80. The molecule has 2 aromatic carbocycles. The third-order valence-corrected chi connectivity index (χ3v) is 4.08. The number of ether oxygens (including phenoxy) is 1. The van der Waals surface area contributed by atoms with E-state index in [1.807, 2.05) is 30.3 Å². The molecule has 0 bridgehead atoms. The highest BCUT2D eigenvalue weighted by Crippen LogP contribution is 2.22. The summed E-state index contributed by atoms with van der Waals surface area (Å²) in [5.74, 6) is 0.593. The minimum absolute atomic E-state index is 0.162. The van der Waals surface area contributed by atoms with Gasteiger partial charge in [0.25, 0.3) is 0 Å². The van der Waals surface area contributed by atoms with Crippen LogP contribution in [-0.4, -0.2) is 25.2 Å². The van der Waals surface area contributed by atoms with Crippen molar-refractivity contribution in [2.45, 2.75) is 12.8 Å². The van der Waals surface area contributed by atoms with Crippen molar-refractivity contribution in [3.8, 4) is 11.3 Å². The summed E-state index contributed by atoms with van der Waals surface area (Å²) in [6.07, 6.45) is 2.47. The van der Waals surface area contributed by atoms with Crippen LogP contribution in [0.1, 0.15) is 28.1 Å². The van der Waals surface area contributed by atoms with Gasteiger partial charge in [-0.1, -0.05) is 42.5 Å². The Labute approximate surface area is 162 Å². The van der Waals surface area contributed by atoms with Crippen molar-refractivity contribution in [2.24, 2.45) is 5.10 Å². The van der Waals surface area contributed by atoms with Crippen molar-refractivity contribution >= 4 is 18.1 Å². The van der Waals surface area contributed by atoms with Crippen molar-refractivity contribution in [1.82, 2.24) is 5.43 Å². The fraction of sp³-hybridized carbons (Fsp3) is 0.136. The summed E-state index contributed by atoms with van der Waals surface area (Å²) in [7, 11) is 1.34. The standard InChI is InChI=1S/C22H20N2O4/c1-27-22(26)18-10-8-17(9-11-18)20-13-12-19(28-20)15-23-24-21(25)14-7-16-5-3-2-4-6-16/h2-6,8-13,15H,7,14H2,1H3,(H,24,25). The van der Waals surface area contributed by atoms with Gasteiger partial charge in [-0.3, -0.25) is 4.79 Å². The lowest BCUT2D eigenvalue weighted by Crippen LogP contribution is -2.17. The Morgan fingerprint density at radius 1 is 1.04 bits per heavy atom. The van der Waals surface area contributed by atoms with Crippen molar-refractivity contribution < 1.29 is 18.7 Å². The molecule has 6 nitrogen and oxygen atoms in total. The monoisotopic (exact) mass is 376 g/mol. The lowest BCUT2D eigenvalue weighted by Gasteiger charge is -2.01. The largest absolute Gasteiger partial charge is 0.465 e. The van der Waals surface area contributed by atoms with Crippen LogP contribution in [-0.2, 0) is 16.0 Å². The number of carbonyl (C=O) groups is 2. The van der Waals surface area contributed by atoms with E-state index < -0.39 is 0 Å². The number of rotatable bonds is 7. The topological polar surface area (TPSA) is 80.9 Å². The first kappa shape index (κ1) is 19.1. The van der Waals surface area contributed by atoms with Crippen LogP contribution in [0.4, 0.5) is 0 Å². The van der Waals surface area contributed by atoms with E-state index in [4.69, 9.17) is 4.42 Å². The van der Waals surface area contributed by atoms with Gasteiger partial charge in [-0.05, 0) is 36.2 Å². The number of aryl methyl sites for hydroxylation is 1. The van der Waals surface area contributed by atoms with Crippen LogP contribution in [0.2, 0.25) is 0 Å². The zero-order valence-corrected chi connectivity index (χ0v) is 15.4. The van der Waals surface area contributed by atoms with Crippen LogP contribution in [0.25, 0.3) is 11.3 Å². The molecular formula is C22H20N2O4. The van der Waals surface area contributed by atoms with E-state index in [-0.39, 0.29) is 11.9 Å². The van der Waals surface area contributed by atoms with Gasteiger partial charge in [0.2, 0.25) is 5.91 Å². The van der Waals surface area contributed by atoms with E-state index in [1.54, 1.807) is 36.4 Å². The summed E-state index contributed by atoms with van der Waals surface area (Å²) < 4.78 is 10.4. The van der Waals surface area contributed by atoms with Crippen LogP contribution < -0.4 is 5.43 Å². The second-order valence-corrected chi connectivity index (χ2v) is 6.05. The number of nitrogens with zero attached hydrogens (tertiary/aromatic N) is 1. The van der Waals surface area contributed by atoms with Crippen molar-refractivity contribution in [3.05, 3.63) is 83.6 Å². The maximum Gasteiger partial charge on any atom is 0.337 e. The Balaban J connectivity index is 1.52. The molecule has 6 heteroatoms. The molecular weight excluding hydrogens is 356 g/mol. The molecule has 0 saturated heterocycles. The zero-order valence-electron chi connectivity index (χ0n) is 15.4. The summed E-state index contributed by atoms with van der Waals surface area (Å²) >= 11 is 0. The first-order chi connectivity index (χ1) is 13.7. The molecule has 0 aliphatic heterocycles. The highest BCUT2D eigenvalue weighted by atomic mass is 16.5. The quantitative estimate of drug-likeness (QED) is 0.386. The molecule has 3 rings (SSSR count). The number of methoxy groups -OCH3 is 1. The molecule has 0 aliphatic rings. The number of hydrogen-bond donors (Lipinski definition) is 1. The van der Waals surface area contributed by atoms with Crippen LogP contribution in [0.3, 0.4) is 0 Å². The molecule has 3 aromatic rings. The van der Waals surface area contributed by atoms with Gasteiger partial charge < -0.3 is 9.15 Å². The minimum atomic E-state index is -0.387. The summed E-state index contributed by atoms with van der Waals surface area (Å²) in [4.78, 5) is 23.3. The molecule has 0 atom stereocenters. The second kappa shape index (κ2) is 9.32. The SMILES string of the molecule is COC(=O)c1ccc(-c2ccc(C=NNC(=O)CCc3ccccc3)o2)cc1. The average Bonchev–Trinajstić information content (AvgIpc) is 3.21. The fourth-order valence-electron chi connectivity index (χ4n) is 2.59. The van der Waals surface area contributed by atoms with Gasteiger partial charge in [-0.25, -0.2) is 10.2 Å². The van der Waals surface area contributed by atoms with Gasteiger partial charge in [-0.2, -0.15) is 5.10 Å². The van der Waals surface area contributed by atoms with Crippen molar-refractivity contribution in [2.75, 3.05) is 7.11 Å². The van der Waals surface area contributed by atoms with Gasteiger partial charge in [0, 0.05) is 12.0 Å². The van der Waals surface area contributed by atoms with Gasteiger partial charge >= 0.3 is 5.97 Å². The smallest absolute Gasteiger partial charge is 0.337 e. The normalized spacial score (nSPS) is 10.8. The first-order valence-electron chi connectivity index (χ1n) is 8.80. The second-order valence-electron chi connectivity index (χ2n) is 6.05. The molecule has 28 heavy (non-hydrogen) atoms. The molecule has 0 radical (unpaired) electrons. The van der Waals surface area contributed by atoms with Gasteiger partial charge in [0.1, 0.15) is 11.5 Å².